The van der Waals surface area contributed by atoms with Crippen molar-refractivity contribution in [3.05, 3.63) is 10.4 Å². The van der Waals surface area contributed by atoms with E-state index in [0.717, 1.165) is 11.3 Å². The van der Waals surface area contributed by atoms with E-state index in [0.29, 0.717) is 12.5 Å². The normalized spacial score (nSPS) is 10.4. The number of thiazole rings is 1. The number of rotatable bonds is 3. The van der Waals surface area contributed by atoms with E-state index in [1.54, 1.807) is 0 Å². The van der Waals surface area contributed by atoms with Crippen LogP contribution >= 0.6 is 11.3 Å². The Morgan fingerprint density at radius 1 is 1.69 bits per heavy atom. The summed E-state index contributed by atoms with van der Waals surface area (Å²) in [4.78, 5) is 14.8. The van der Waals surface area contributed by atoms with E-state index in [4.69, 9.17) is 0 Å². The van der Waals surface area contributed by atoms with E-state index in [2.05, 4.69) is 10.3 Å². The summed E-state index contributed by atoms with van der Waals surface area (Å²) in [5.41, 5.74) is 0. The van der Waals surface area contributed by atoms with Crippen molar-refractivity contribution in [3.63, 3.8) is 0 Å². The largest absolute Gasteiger partial charge is 0.350 e. The fraction of sp³-hybridized carbons (Fsp3) is 0.500. The number of carbonyl (C=O) groups excluding carboxylic acids is 1. The van der Waals surface area contributed by atoms with Gasteiger partial charge in [-0.15, -0.1) is 11.3 Å². The summed E-state index contributed by atoms with van der Waals surface area (Å²) in [6, 6.07) is 0. The lowest BCUT2D eigenvalue weighted by atomic mass is 10.2. The molecule has 1 N–H and O–H groups in total. The molecule has 5 heteroatoms. The summed E-state index contributed by atoms with van der Waals surface area (Å²) in [5, 5.41) is 14.9. The Kier molecular flexibility index (Phi) is 3.25. The summed E-state index contributed by atoms with van der Waals surface area (Å²) in [5.74, 6) is -0.212. The third kappa shape index (κ3) is 3.02. The molecule has 0 aliphatic rings. The van der Waals surface area contributed by atoms with E-state index in [-0.39, 0.29) is 16.8 Å². The summed E-state index contributed by atoms with van der Waals surface area (Å²) >= 11 is 1.07. The summed E-state index contributed by atoms with van der Waals surface area (Å²) < 4.78 is 0. The molecule has 13 heavy (non-hydrogen) atoms. The Morgan fingerprint density at radius 2 is 2.38 bits per heavy atom. The second kappa shape index (κ2) is 4.23. The highest BCUT2D eigenvalue weighted by molar-refractivity contribution is 7.11. The van der Waals surface area contributed by atoms with E-state index in [1.807, 2.05) is 13.8 Å². The third-order valence-electron chi connectivity index (χ3n) is 1.35. The lowest BCUT2D eigenvalue weighted by Gasteiger charge is -2.04. The van der Waals surface area contributed by atoms with Crippen LogP contribution in [0.1, 0.15) is 23.6 Å². The van der Waals surface area contributed by atoms with E-state index < -0.39 is 0 Å². The first-order valence-corrected chi connectivity index (χ1v) is 4.88. The van der Waals surface area contributed by atoms with Crippen LogP contribution in [0.2, 0.25) is 0 Å². The predicted molar refractivity (Wildman–Crippen MR) is 49.4 cm³/mol. The van der Waals surface area contributed by atoms with E-state index in [9.17, 15) is 9.90 Å². The molecule has 1 amide bonds. The second-order valence-electron chi connectivity index (χ2n) is 3.09. The van der Waals surface area contributed by atoms with Gasteiger partial charge in [-0.1, -0.05) is 13.8 Å². The van der Waals surface area contributed by atoms with Crippen molar-refractivity contribution in [2.24, 2.45) is 5.92 Å². The summed E-state index contributed by atoms with van der Waals surface area (Å²) in [6.07, 6.45) is 0. The Balaban J connectivity index is 2.49. The highest BCUT2D eigenvalue weighted by atomic mass is 32.1. The molecule has 0 aliphatic heterocycles. The molecule has 1 aromatic rings. The molecule has 1 aromatic heterocycles. The quantitative estimate of drug-likeness (QED) is 0.804. The number of amides is 1. The van der Waals surface area contributed by atoms with Gasteiger partial charge in [-0.05, 0) is 5.92 Å². The molecule has 71 valence electrons. The monoisotopic (exact) mass is 199 g/mol. The van der Waals surface area contributed by atoms with Gasteiger partial charge in [0.15, 0.2) is 5.01 Å². The number of carbonyl (C=O) groups is 1. The minimum absolute atomic E-state index is 0.241. The van der Waals surface area contributed by atoms with Gasteiger partial charge < -0.3 is 5.32 Å². The summed E-state index contributed by atoms with van der Waals surface area (Å²) in [6.45, 7) is 4.61. The Hall–Kier alpha value is -1.10. The number of aromatic nitrogens is 1. The number of hydrogen-bond acceptors (Lipinski definition) is 3. The molecule has 0 saturated carbocycles. The Morgan fingerprint density at radius 3 is 2.85 bits per heavy atom. The lowest BCUT2D eigenvalue weighted by Crippen LogP contribution is -2.27. The Bertz CT molecular complexity index is 296. The first-order chi connectivity index (χ1) is 6.09. The van der Waals surface area contributed by atoms with Crippen LogP contribution in [0.4, 0.5) is 0 Å². The van der Waals surface area contributed by atoms with Crippen LogP contribution in [0.15, 0.2) is 5.38 Å². The molecule has 1 rings (SSSR count). The molecule has 1 heterocycles. The van der Waals surface area contributed by atoms with Gasteiger partial charge >= 0.3 is 0 Å². The third-order valence-corrected chi connectivity index (χ3v) is 2.17. The molecule has 0 aliphatic carbocycles. The Labute approximate surface area is 80.6 Å². The SMILES string of the molecule is CC(C)CNC(=O)c1nc([O])cs1. The van der Waals surface area contributed by atoms with Crippen LogP contribution in [0.25, 0.3) is 0 Å². The van der Waals surface area contributed by atoms with Gasteiger partial charge in [0.1, 0.15) is 0 Å². The molecular weight excluding hydrogens is 188 g/mol. The molecule has 0 bridgehead atoms. The average Bonchev–Trinajstić information content (AvgIpc) is 2.47. The smallest absolute Gasteiger partial charge is 0.281 e. The van der Waals surface area contributed by atoms with Crippen molar-refractivity contribution < 1.29 is 9.90 Å². The van der Waals surface area contributed by atoms with E-state index >= 15 is 0 Å². The fourth-order valence-electron chi connectivity index (χ4n) is 0.736. The first kappa shape index (κ1) is 9.98. The minimum Gasteiger partial charge on any atom is -0.350 e. The van der Waals surface area contributed by atoms with Gasteiger partial charge in [-0.2, -0.15) is 4.98 Å². The zero-order chi connectivity index (χ0) is 9.84. The predicted octanol–water partition coefficient (Wildman–Crippen LogP) is 1.67. The standard InChI is InChI=1S/C8H11N2O2S/c1-5(2)3-9-7(12)8-10-6(11)4-13-8/h4-5H,3H2,1-2H3,(H,9,12). The second-order valence-corrected chi connectivity index (χ2v) is 3.95. The maximum absolute atomic E-state index is 11.3. The topological polar surface area (TPSA) is 61.9 Å². The average molecular weight is 199 g/mol. The molecular formula is C8H11N2O2S. The van der Waals surface area contributed by atoms with Crippen LogP contribution in [-0.4, -0.2) is 17.4 Å². The molecule has 0 aromatic carbocycles. The number of nitrogens with one attached hydrogen (secondary N) is 1. The lowest BCUT2D eigenvalue weighted by molar-refractivity contribution is 0.0947. The summed E-state index contributed by atoms with van der Waals surface area (Å²) in [7, 11) is 0. The molecule has 1 radical (unpaired) electrons. The first-order valence-electron chi connectivity index (χ1n) is 4.00. The van der Waals surface area contributed by atoms with Crippen molar-refractivity contribution in [1.82, 2.24) is 10.3 Å². The van der Waals surface area contributed by atoms with Crippen LogP contribution < -0.4 is 5.32 Å². The fourth-order valence-corrected chi connectivity index (χ4v) is 1.32. The van der Waals surface area contributed by atoms with Crippen LogP contribution in [-0.2, 0) is 5.11 Å². The molecule has 0 unspecified atom stereocenters. The van der Waals surface area contributed by atoms with Gasteiger partial charge in [0.05, 0.1) is 5.38 Å². The zero-order valence-corrected chi connectivity index (χ0v) is 8.35. The van der Waals surface area contributed by atoms with E-state index in [1.165, 1.54) is 5.38 Å². The highest BCUT2D eigenvalue weighted by Gasteiger charge is 2.10. The van der Waals surface area contributed by atoms with Crippen LogP contribution in [0, 0.1) is 5.92 Å². The molecule has 0 atom stereocenters. The highest BCUT2D eigenvalue weighted by Crippen LogP contribution is 2.14. The van der Waals surface area contributed by atoms with Crippen molar-refractivity contribution in [2.75, 3.05) is 6.54 Å². The molecule has 0 fully saturated rings. The van der Waals surface area contributed by atoms with Gasteiger partial charge in [-0.25, -0.2) is 0 Å². The van der Waals surface area contributed by atoms with Gasteiger partial charge in [0.2, 0.25) is 0 Å². The van der Waals surface area contributed by atoms with Gasteiger partial charge in [0.25, 0.3) is 11.8 Å². The minimum atomic E-state index is -0.348. The van der Waals surface area contributed by atoms with Gasteiger partial charge in [-0.3, -0.25) is 9.90 Å². The molecule has 4 nitrogen and oxygen atoms in total. The van der Waals surface area contributed by atoms with Crippen LogP contribution in [0.3, 0.4) is 0 Å². The molecule has 0 spiro atoms. The molecule has 0 saturated heterocycles. The van der Waals surface area contributed by atoms with Crippen molar-refractivity contribution in [1.29, 1.82) is 0 Å². The van der Waals surface area contributed by atoms with Crippen molar-refractivity contribution >= 4 is 17.2 Å². The number of nitrogens with zero attached hydrogens (tertiary/aromatic N) is 1. The maximum Gasteiger partial charge on any atom is 0.281 e. The number of hydrogen-bond donors (Lipinski definition) is 1. The van der Waals surface area contributed by atoms with Crippen molar-refractivity contribution in [3.8, 4) is 5.88 Å². The van der Waals surface area contributed by atoms with Crippen molar-refractivity contribution in [2.45, 2.75) is 13.8 Å². The van der Waals surface area contributed by atoms with Crippen LogP contribution in [0.5, 0.6) is 5.88 Å². The zero-order valence-electron chi connectivity index (χ0n) is 7.53. The van der Waals surface area contributed by atoms with Gasteiger partial charge in [0, 0.05) is 6.54 Å². The maximum atomic E-state index is 11.3.